The Labute approximate surface area is 122 Å². The molecule has 2 aromatic rings. The molecule has 0 unspecified atom stereocenters. The standard InChI is InChI=1S/C14H14N2OS2/c1-19-12-7-3-2-6-11(12)17-9-10-5-4-8-16-13(10)14(15)18/h2-8H,9H2,1H3,(H2,15,18). The van der Waals surface area contributed by atoms with Gasteiger partial charge in [-0.1, -0.05) is 30.4 Å². The molecule has 2 N–H and O–H groups in total. The lowest BCUT2D eigenvalue weighted by atomic mass is 10.2. The van der Waals surface area contributed by atoms with Gasteiger partial charge in [-0.05, 0) is 24.5 Å². The second-order valence-corrected chi connectivity index (χ2v) is 5.10. The van der Waals surface area contributed by atoms with E-state index in [-0.39, 0.29) is 4.99 Å². The largest absolute Gasteiger partial charge is 0.488 e. The van der Waals surface area contributed by atoms with E-state index in [4.69, 9.17) is 22.7 Å². The van der Waals surface area contributed by atoms with Crippen LogP contribution in [-0.2, 0) is 6.61 Å². The number of hydrogen-bond acceptors (Lipinski definition) is 4. The molecule has 5 heteroatoms. The van der Waals surface area contributed by atoms with Crippen LogP contribution in [0.3, 0.4) is 0 Å². The fourth-order valence-electron chi connectivity index (χ4n) is 1.67. The summed E-state index contributed by atoms with van der Waals surface area (Å²) in [6.07, 6.45) is 3.69. The number of para-hydroxylation sites is 1. The number of aromatic nitrogens is 1. The van der Waals surface area contributed by atoms with Crippen molar-refractivity contribution in [1.29, 1.82) is 0 Å². The monoisotopic (exact) mass is 290 g/mol. The van der Waals surface area contributed by atoms with Crippen LogP contribution in [0.5, 0.6) is 5.75 Å². The number of hydrogen-bond donors (Lipinski definition) is 1. The Hall–Kier alpha value is -1.59. The molecule has 19 heavy (non-hydrogen) atoms. The van der Waals surface area contributed by atoms with Crippen molar-refractivity contribution in [2.45, 2.75) is 11.5 Å². The van der Waals surface area contributed by atoms with Crippen LogP contribution in [0.15, 0.2) is 47.5 Å². The molecular formula is C14H14N2OS2. The highest BCUT2D eigenvalue weighted by Crippen LogP contribution is 2.27. The van der Waals surface area contributed by atoms with Crippen molar-refractivity contribution in [2.24, 2.45) is 5.73 Å². The summed E-state index contributed by atoms with van der Waals surface area (Å²) >= 11 is 6.63. The Balaban J connectivity index is 2.17. The summed E-state index contributed by atoms with van der Waals surface area (Å²) < 4.78 is 5.83. The quantitative estimate of drug-likeness (QED) is 0.677. The van der Waals surface area contributed by atoms with Crippen LogP contribution in [-0.4, -0.2) is 16.2 Å². The Morgan fingerprint density at radius 2 is 2.11 bits per heavy atom. The highest BCUT2D eigenvalue weighted by molar-refractivity contribution is 7.98. The molecule has 1 aromatic heterocycles. The average Bonchev–Trinajstić information content (AvgIpc) is 2.45. The minimum Gasteiger partial charge on any atom is -0.488 e. The normalized spacial score (nSPS) is 10.2. The van der Waals surface area contributed by atoms with Crippen LogP contribution in [0.1, 0.15) is 11.3 Å². The van der Waals surface area contributed by atoms with Gasteiger partial charge in [0, 0.05) is 16.7 Å². The van der Waals surface area contributed by atoms with Crippen LogP contribution >= 0.6 is 24.0 Å². The lowest BCUT2D eigenvalue weighted by molar-refractivity contribution is 0.298. The van der Waals surface area contributed by atoms with Crippen molar-refractivity contribution in [3.05, 3.63) is 53.9 Å². The predicted molar refractivity (Wildman–Crippen MR) is 82.7 cm³/mol. The zero-order chi connectivity index (χ0) is 13.7. The second kappa shape index (κ2) is 6.54. The number of thiocarbonyl (C=S) groups is 1. The molecule has 0 saturated heterocycles. The lowest BCUT2D eigenvalue weighted by Crippen LogP contribution is -2.15. The van der Waals surface area contributed by atoms with E-state index in [1.54, 1.807) is 18.0 Å². The third-order valence-corrected chi connectivity index (χ3v) is 3.55. The minimum atomic E-state index is 0.289. The molecule has 0 bridgehead atoms. The van der Waals surface area contributed by atoms with E-state index in [2.05, 4.69) is 4.98 Å². The molecule has 0 amide bonds. The highest BCUT2D eigenvalue weighted by atomic mass is 32.2. The molecule has 0 aliphatic rings. The van der Waals surface area contributed by atoms with Gasteiger partial charge < -0.3 is 10.5 Å². The Bertz CT molecular complexity index is 587. The predicted octanol–water partition coefficient (Wildman–Crippen LogP) is 3.02. The summed E-state index contributed by atoms with van der Waals surface area (Å²) in [4.78, 5) is 5.57. The fourth-order valence-corrected chi connectivity index (χ4v) is 2.40. The topological polar surface area (TPSA) is 48.1 Å². The summed E-state index contributed by atoms with van der Waals surface area (Å²) in [5.74, 6) is 0.854. The van der Waals surface area contributed by atoms with Gasteiger partial charge >= 0.3 is 0 Å². The fraction of sp³-hybridized carbons (Fsp3) is 0.143. The Morgan fingerprint density at radius 3 is 2.84 bits per heavy atom. The molecular weight excluding hydrogens is 276 g/mol. The number of thioether (sulfide) groups is 1. The minimum absolute atomic E-state index is 0.289. The zero-order valence-corrected chi connectivity index (χ0v) is 12.1. The van der Waals surface area contributed by atoms with Gasteiger partial charge in [0.15, 0.2) is 0 Å². The number of ether oxygens (including phenoxy) is 1. The second-order valence-electron chi connectivity index (χ2n) is 3.81. The molecule has 0 aliphatic heterocycles. The first-order valence-corrected chi connectivity index (χ1v) is 7.35. The first-order valence-electron chi connectivity index (χ1n) is 5.72. The first-order chi connectivity index (χ1) is 9.22. The number of nitrogens with zero attached hydrogens (tertiary/aromatic N) is 1. The van der Waals surface area contributed by atoms with Gasteiger partial charge in [0.05, 0.1) is 0 Å². The van der Waals surface area contributed by atoms with Crippen molar-refractivity contribution in [3.8, 4) is 5.75 Å². The van der Waals surface area contributed by atoms with Gasteiger partial charge in [0.2, 0.25) is 0 Å². The number of pyridine rings is 1. The molecule has 1 heterocycles. The van der Waals surface area contributed by atoms with Crippen molar-refractivity contribution >= 4 is 29.0 Å². The van der Waals surface area contributed by atoms with Crippen LogP contribution < -0.4 is 10.5 Å². The summed E-state index contributed by atoms with van der Waals surface area (Å²) in [7, 11) is 0. The van der Waals surface area contributed by atoms with Gasteiger partial charge in [-0.3, -0.25) is 4.98 Å². The summed E-state index contributed by atoms with van der Waals surface area (Å²) in [5.41, 5.74) is 7.17. The smallest absolute Gasteiger partial charge is 0.133 e. The highest BCUT2D eigenvalue weighted by Gasteiger charge is 2.08. The summed E-state index contributed by atoms with van der Waals surface area (Å²) in [6.45, 7) is 0.401. The molecule has 2 rings (SSSR count). The van der Waals surface area contributed by atoms with Crippen LogP contribution in [0.4, 0.5) is 0 Å². The van der Waals surface area contributed by atoms with E-state index in [0.717, 1.165) is 16.2 Å². The summed E-state index contributed by atoms with van der Waals surface area (Å²) in [6, 6.07) is 11.7. The van der Waals surface area contributed by atoms with E-state index in [9.17, 15) is 0 Å². The Kier molecular flexibility index (Phi) is 4.76. The van der Waals surface area contributed by atoms with Crippen molar-refractivity contribution in [1.82, 2.24) is 4.98 Å². The Morgan fingerprint density at radius 1 is 1.32 bits per heavy atom. The number of rotatable bonds is 5. The molecule has 0 fully saturated rings. The van der Waals surface area contributed by atoms with Gasteiger partial charge in [-0.2, -0.15) is 0 Å². The van der Waals surface area contributed by atoms with Crippen LogP contribution in [0, 0.1) is 0 Å². The van der Waals surface area contributed by atoms with E-state index < -0.39 is 0 Å². The molecule has 98 valence electrons. The molecule has 0 aliphatic carbocycles. The first kappa shape index (κ1) is 13.8. The van der Waals surface area contributed by atoms with Crippen molar-refractivity contribution in [3.63, 3.8) is 0 Å². The van der Waals surface area contributed by atoms with Crippen LogP contribution in [0.25, 0.3) is 0 Å². The maximum Gasteiger partial charge on any atom is 0.133 e. The van der Waals surface area contributed by atoms with Gasteiger partial charge in [0.1, 0.15) is 23.0 Å². The maximum absolute atomic E-state index is 5.83. The molecule has 0 spiro atoms. The number of benzene rings is 1. The third-order valence-electron chi connectivity index (χ3n) is 2.58. The zero-order valence-electron chi connectivity index (χ0n) is 10.5. The van der Waals surface area contributed by atoms with Crippen LogP contribution in [0.2, 0.25) is 0 Å². The molecule has 0 radical (unpaired) electrons. The SMILES string of the molecule is CSc1ccccc1OCc1cccnc1C(N)=S. The van der Waals surface area contributed by atoms with Gasteiger partial charge in [-0.25, -0.2) is 0 Å². The van der Waals surface area contributed by atoms with Crippen molar-refractivity contribution < 1.29 is 4.74 Å². The van der Waals surface area contributed by atoms with Gasteiger partial charge in [0.25, 0.3) is 0 Å². The molecule has 0 saturated carbocycles. The average molecular weight is 290 g/mol. The van der Waals surface area contributed by atoms with E-state index in [1.807, 2.05) is 42.7 Å². The maximum atomic E-state index is 5.83. The van der Waals surface area contributed by atoms with E-state index in [1.165, 1.54) is 0 Å². The molecule has 0 atom stereocenters. The summed E-state index contributed by atoms with van der Waals surface area (Å²) in [5, 5.41) is 0. The van der Waals surface area contributed by atoms with E-state index >= 15 is 0 Å². The third kappa shape index (κ3) is 3.45. The molecule has 1 aromatic carbocycles. The van der Waals surface area contributed by atoms with Crippen molar-refractivity contribution in [2.75, 3.05) is 6.26 Å². The van der Waals surface area contributed by atoms with E-state index in [0.29, 0.717) is 12.3 Å². The van der Waals surface area contributed by atoms with Gasteiger partial charge in [-0.15, -0.1) is 11.8 Å². The molecule has 3 nitrogen and oxygen atoms in total. The number of nitrogens with two attached hydrogens (primary N) is 1. The lowest BCUT2D eigenvalue weighted by Gasteiger charge is -2.11.